The second-order valence-electron chi connectivity index (χ2n) is 4.44. The van der Waals surface area contributed by atoms with Crippen molar-refractivity contribution in [2.75, 3.05) is 11.9 Å². The summed E-state index contributed by atoms with van der Waals surface area (Å²) in [6.45, 7) is -0.474. The molecule has 0 bridgehead atoms. The Bertz CT molecular complexity index is 409. The van der Waals surface area contributed by atoms with Gasteiger partial charge < -0.3 is 35.6 Å². The van der Waals surface area contributed by atoms with Gasteiger partial charge in [0.1, 0.15) is 30.2 Å². The number of hydrogen-bond acceptors (Lipinski definition) is 7. The molecule has 1 aliphatic heterocycles. The highest BCUT2D eigenvalue weighted by molar-refractivity contribution is 5.46. The first kappa shape index (κ1) is 14.0. The van der Waals surface area contributed by atoms with Crippen molar-refractivity contribution < 1.29 is 30.3 Å². The number of nitrogens with one attached hydrogen (secondary N) is 1. The van der Waals surface area contributed by atoms with Gasteiger partial charge >= 0.3 is 0 Å². The van der Waals surface area contributed by atoms with E-state index in [-0.39, 0.29) is 5.75 Å². The van der Waals surface area contributed by atoms with Gasteiger partial charge in [-0.15, -0.1) is 0 Å². The van der Waals surface area contributed by atoms with Crippen LogP contribution in [-0.2, 0) is 4.74 Å². The summed E-state index contributed by atoms with van der Waals surface area (Å²) in [7, 11) is 0. The molecule has 19 heavy (non-hydrogen) atoms. The van der Waals surface area contributed by atoms with Gasteiger partial charge in [-0.25, -0.2) is 0 Å². The number of rotatable bonds is 3. The lowest BCUT2D eigenvalue weighted by Gasteiger charge is -2.40. The summed E-state index contributed by atoms with van der Waals surface area (Å²) in [4.78, 5) is 0. The first-order chi connectivity index (χ1) is 9.02. The van der Waals surface area contributed by atoms with Crippen molar-refractivity contribution in [3.8, 4) is 5.75 Å². The zero-order chi connectivity index (χ0) is 14.0. The average Bonchev–Trinajstić information content (AvgIpc) is 2.42. The Morgan fingerprint density at radius 3 is 2.21 bits per heavy atom. The normalized spacial score (nSPS) is 35.1. The van der Waals surface area contributed by atoms with Gasteiger partial charge in [0.15, 0.2) is 6.23 Å². The third-order valence-corrected chi connectivity index (χ3v) is 3.07. The second kappa shape index (κ2) is 5.72. The molecule has 0 spiro atoms. The molecule has 1 heterocycles. The van der Waals surface area contributed by atoms with Gasteiger partial charge in [0.25, 0.3) is 0 Å². The zero-order valence-corrected chi connectivity index (χ0v) is 10.0. The number of anilines is 1. The van der Waals surface area contributed by atoms with Gasteiger partial charge in [-0.1, -0.05) is 0 Å². The third-order valence-electron chi connectivity index (χ3n) is 3.07. The number of aliphatic hydroxyl groups excluding tert-OH is 4. The molecule has 1 saturated heterocycles. The average molecular weight is 271 g/mol. The highest BCUT2D eigenvalue weighted by atomic mass is 16.6. The Balaban J connectivity index is 2.08. The van der Waals surface area contributed by atoms with Crippen LogP contribution in [0, 0.1) is 0 Å². The quantitative estimate of drug-likeness (QED) is 0.374. The Kier molecular flexibility index (Phi) is 4.23. The van der Waals surface area contributed by atoms with Crippen molar-refractivity contribution in [3.05, 3.63) is 24.3 Å². The maximum atomic E-state index is 9.81. The van der Waals surface area contributed by atoms with E-state index in [1.165, 1.54) is 12.1 Å². The van der Waals surface area contributed by atoms with Crippen LogP contribution in [0.2, 0.25) is 0 Å². The fourth-order valence-electron chi connectivity index (χ4n) is 1.94. The van der Waals surface area contributed by atoms with E-state index in [9.17, 15) is 15.3 Å². The van der Waals surface area contributed by atoms with E-state index in [1.54, 1.807) is 12.1 Å². The van der Waals surface area contributed by atoms with Gasteiger partial charge in [0, 0.05) is 5.69 Å². The fourth-order valence-corrected chi connectivity index (χ4v) is 1.94. The zero-order valence-electron chi connectivity index (χ0n) is 10.0. The second-order valence-corrected chi connectivity index (χ2v) is 4.44. The SMILES string of the molecule is OC[C@H]1OC(Nc2ccc(O)cc2)[C@@H](O)[C@@H](O)[C@@H]1O. The van der Waals surface area contributed by atoms with E-state index in [0.717, 1.165) is 0 Å². The molecule has 1 fully saturated rings. The Hall–Kier alpha value is -1.38. The number of aromatic hydroxyl groups is 1. The molecule has 0 amide bonds. The largest absolute Gasteiger partial charge is 0.508 e. The summed E-state index contributed by atoms with van der Waals surface area (Å²) in [5, 5.41) is 50.1. The molecule has 1 aliphatic rings. The number of aliphatic hydroxyl groups is 4. The van der Waals surface area contributed by atoms with Crippen LogP contribution in [0.5, 0.6) is 5.75 Å². The molecule has 5 atom stereocenters. The first-order valence-electron chi connectivity index (χ1n) is 5.89. The predicted molar refractivity (Wildman–Crippen MR) is 65.5 cm³/mol. The van der Waals surface area contributed by atoms with Gasteiger partial charge in [0.05, 0.1) is 6.61 Å². The molecular weight excluding hydrogens is 254 g/mol. The lowest BCUT2D eigenvalue weighted by atomic mass is 9.98. The number of hydrogen-bond donors (Lipinski definition) is 6. The summed E-state index contributed by atoms with van der Waals surface area (Å²) >= 11 is 0. The van der Waals surface area contributed by atoms with Crippen LogP contribution in [0.4, 0.5) is 5.69 Å². The van der Waals surface area contributed by atoms with E-state index in [0.29, 0.717) is 5.69 Å². The summed E-state index contributed by atoms with van der Waals surface area (Å²) in [6, 6.07) is 6.03. The minimum Gasteiger partial charge on any atom is -0.508 e. The van der Waals surface area contributed by atoms with Crippen molar-refractivity contribution in [1.29, 1.82) is 0 Å². The van der Waals surface area contributed by atoms with Crippen molar-refractivity contribution in [3.63, 3.8) is 0 Å². The topological polar surface area (TPSA) is 122 Å². The molecule has 7 heteroatoms. The van der Waals surface area contributed by atoms with Crippen LogP contribution in [0.25, 0.3) is 0 Å². The number of phenolic OH excluding ortho intramolecular Hbond substituents is 1. The molecule has 2 rings (SSSR count). The number of phenols is 1. The molecule has 1 aromatic rings. The van der Waals surface area contributed by atoms with Gasteiger partial charge in [-0.3, -0.25) is 0 Å². The van der Waals surface area contributed by atoms with Crippen molar-refractivity contribution >= 4 is 5.69 Å². The minimum absolute atomic E-state index is 0.0966. The Labute approximate surface area is 109 Å². The summed E-state index contributed by atoms with van der Waals surface area (Å²) in [5.41, 5.74) is 0.558. The highest BCUT2D eigenvalue weighted by Gasteiger charge is 2.43. The van der Waals surface area contributed by atoms with Crippen LogP contribution in [0.3, 0.4) is 0 Å². The van der Waals surface area contributed by atoms with E-state index in [1.807, 2.05) is 0 Å². The van der Waals surface area contributed by atoms with Crippen molar-refractivity contribution in [1.82, 2.24) is 0 Å². The van der Waals surface area contributed by atoms with Gasteiger partial charge in [-0.05, 0) is 24.3 Å². The van der Waals surface area contributed by atoms with Gasteiger partial charge in [0.2, 0.25) is 0 Å². The minimum atomic E-state index is -1.42. The molecule has 1 unspecified atom stereocenters. The lowest BCUT2D eigenvalue weighted by molar-refractivity contribution is -0.221. The maximum Gasteiger partial charge on any atom is 0.157 e. The fraction of sp³-hybridized carbons (Fsp3) is 0.500. The van der Waals surface area contributed by atoms with Crippen LogP contribution in [0.15, 0.2) is 24.3 Å². The third kappa shape index (κ3) is 2.96. The summed E-state index contributed by atoms with van der Waals surface area (Å²) in [6.07, 6.45) is -6.06. The van der Waals surface area contributed by atoms with Crippen LogP contribution in [0.1, 0.15) is 0 Å². The van der Waals surface area contributed by atoms with E-state index in [2.05, 4.69) is 5.32 Å². The molecule has 106 valence electrons. The molecule has 6 N–H and O–H groups in total. The molecule has 0 aliphatic carbocycles. The highest BCUT2D eigenvalue weighted by Crippen LogP contribution is 2.23. The maximum absolute atomic E-state index is 9.81. The smallest absolute Gasteiger partial charge is 0.157 e. The number of benzene rings is 1. The molecule has 1 aromatic carbocycles. The standard InChI is InChI=1S/C12H17NO6/c14-5-8-9(16)10(17)11(18)12(19-8)13-6-1-3-7(15)4-2-6/h1-4,8-18H,5H2/t8-,9-,10+,11+,12?/m1/s1. The van der Waals surface area contributed by atoms with E-state index >= 15 is 0 Å². The van der Waals surface area contributed by atoms with Crippen molar-refractivity contribution in [2.24, 2.45) is 0 Å². The molecule has 0 radical (unpaired) electrons. The first-order valence-corrected chi connectivity index (χ1v) is 5.89. The number of ether oxygens (including phenoxy) is 1. The Morgan fingerprint density at radius 2 is 1.63 bits per heavy atom. The lowest BCUT2D eigenvalue weighted by Crippen LogP contribution is -2.60. The Morgan fingerprint density at radius 1 is 1.00 bits per heavy atom. The molecular formula is C12H17NO6. The molecule has 7 nitrogen and oxygen atoms in total. The molecule has 0 saturated carbocycles. The van der Waals surface area contributed by atoms with E-state index < -0.39 is 37.3 Å². The van der Waals surface area contributed by atoms with Crippen LogP contribution < -0.4 is 5.32 Å². The van der Waals surface area contributed by atoms with E-state index in [4.69, 9.17) is 14.9 Å². The summed E-state index contributed by atoms with van der Waals surface area (Å²) < 4.78 is 5.28. The monoisotopic (exact) mass is 271 g/mol. The van der Waals surface area contributed by atoms with Crippen LogP contribution >= 0.6 is 0 Å². The van der Waals surface area contributed by atoms with Crippen LogP contribution in [-0.4, -0.2) is 62.8 Å². The van der Waals surface area contributed by atoms with Crippen molar-refractivity contribution in [2.45, 2.75) is 30.6 Å². The molecule has 0 aromatic heterocycles. The predicted octanol–water partition coefficient (Wildman–Crippen LogP) is -1.40. The summed E-state index contributed by atoms with van der Waals surface area (Å²) in [5.74, 6) is 0.0966. The van der Waals surface area contributed by atoms with Gasteiger partial charge in [-0.2, -0.15) is 0 Å².